The van der Waals surface area contributed by atoms with Gasteiger partial charge in [-0.3, -0.25) is 0 Å². The summed E-state index contributed by atoms with van der Waals surface area (Å²) in [6, 6.07) is 3.76. The van der Waals surface area contributed by atoms with Gasteiger partial charge in [-0.25, -0.2) is 12.8 Å². The summed E-state index contributed by atoms with van der Waals surface area (Å²) in [6.07, 6.45) is 0. The molecule has 0 amide bonds. The molecule has 0 saturated carbocycles. The summed E-state index contributed by atoms with van der Waals surface area (Å²) in [6.45, 7) is 1.70. The third-order valence-electron chi connectivity index (χ3n) is 2.75. The quantitative estimate of drug-likeness (QED) is 0.782. The van der Waals surface area contributed by atoms with E-state index in [1.54, 1.807) is 6.92 Å². The van der Waals surface area contributed by atoms with Crippen molar-refractivity contribution in [3.63, 3.8) is 0 Å². The minimum absolute atomic E-state index is 0.0824. The predicted octanol–water partition coefficient (Wildman–Crippen LogP) is 1.04. The maximum atomic E-state index is 13.5. The first-order chi connectivity index (χ1) is 6.93. The van der Waals surface area contributed by atoms with Gasteiger partial charge in [0, 0.05) is 17.5 Å². The highest BCUT2D eigenvalue weighted by atomic mass is 32.2. The summed E-state index contributed by atoms with van der Waals surface area (Å²) in [7, 11) is -3.34. The largest absolute Gasteiger partial charge is 0.327 e. The molecule has 1 aromatic rings. The molecule has 15 heavy (non-hydrogen) atoms. The van der Waals surface area contributed by atoms with Crippen LogP contribution in [0, 0.1) is 5.82 Å². The minimum atomic E-state index is -3.34. The minimum Gasteiger partial charge on any atom is -0.327 e. The highest BCUT2D eigenvalue weighted by Gasteiger charge is 2.38. The van der Waals surface area contributed by atoms with E-state index >= 15 is 0 Å². The zero-order chi connectivity index (χ0) is 11.2. The van der Waals surface area contributed by atoms with Crippen LogP contribution in [-0.4, -0.2) is 20.2 Å². The van der Waals surface area contributed by atoms with Crippen molar-refractivity contribution in [1.29, 1.82) is 0 Å². The Morgan fingerprint density at radius 1 is 1.53 bits per heavy atom. The Morgan fingerprint density at radius 3 is 2.80 bits per heavy atom. The Labute approximate surface area is 88.0 Å². The van der Waals surface area contributed by atoms with Gasteiger partial charge in [0.1, 0.15) is 5.82 Å². The molecule has 1 aliphatic rings. The Kier molecular flexibility index (Phi) is 2.31. The number of fused-ring (bicyclic) bond motifs is 1. The number of hydrogen-bond donors (Lipinski definition) is 1. The van der Waals surface area contributed by atoms with Gasteiger partial charge in [0.2, 0.25) is 0 Å². The lowest BCUT2D eigenvalue weighted by molar-refractivity contribution is 0.550. The van der Waals surface area contributed by atoms with Crippen LogP contribution >= 0.6 is 0 Å². The van der Waals surface area contributed by atoms with Crippen molar-refractivity contribution in [2.24, 2.45) is 5.73 Å². The fraction of sp³-hybridized carbons (Fsp3) is 0.400. The van der Waals surface area contributed by atoms with E-state index in [2.05, 4.69) is 0 Å². The highest BCUT2D eigenvalue weighted by molar-refractivity contribution is 7.91. The van der Waals surface area contributed by atoms with Crippen molar-refractivity contribution in [1.82, 2.24) is 0 Å². The molecule has 0 aromatic heterocycles. The molecule has 1 aromatic carbocycles. The van der Waals surface area contributed by atoms with E-state index in [1.165, 1.54) is 18.2 Å². The van der Waals surface area contributed by atoms with Crippen LogP contribution in [0.15, 0.2) is 23.1 Å². The number of benzene rings is 1. The normalized spacial score (nSPS) is 24.9. The first-order valence-electron chi connectivity index (χ1n) is 4.70. The van der Waals surface area contributed by atoms with Crippen molar-refractivity contribution in [3.8, 4) is 0 Å². The lowest BCUT2D eigenvalue weighted by Crippen LogP contribution is -2.26. The zero-order valence-electron chi connectivity index (χ0n) is 8.27. The number of sulfone groups is 1. The average molecular weight is 229 g/mol. The average Bonchev–Trinajstić information content (AvgIpc) is 2.40. The summed E-state index contributed by atoms with van der Waals surface area (Å²) in [4.78, 5) is 0.102. The Balaban J connectivity index is 2.69. The number of hydrogen-bond acceptors (Lipinski definition) is 3. The van der Waals surface area contributed by atoms with E-state index in [1.807, 2.05) is 0 Å². The van der Waals surface area contributed by atoms with Crippen molar-refractivity contribution >= 4 is 9.84 Å². The third-order valence-corrected chi connectivity index (χ3v) is 4.58. The van der Waals surface area contributed by atoms with Crippen LogP contribution in [0.4, 0.5) is 4.39 Å². The van der Waals surface area contributed by atoms with Gasteiger partial charge in [-0.1, -0.05) is 6.07 Å². The van der Waals surface area contributed by atoms with E-state index in [0.29, 0.717) is 0 Å². The van der Waals surface area contributed by atoms with E-state index in [9.17, 15) is 12.8 Å². The molecule has 5 heteroatoms. The molecule has 0 radical (unpaired) electrons. The molecule has 0 bridgehead atoms. The highest BCUT2D eigenvalue weighted by Crippen LogP contribution is 2.37. The van der Waals surface area contributed by atoms with Gasteiger partial charge in [0.25, 0.3) is 0 Å². The first kappa shape index (κ1) is 10.6. The second-order valence-corrected chi connectivity index (χ2v) is 5.90. The molecular formula is C10H12FNO2S. The molecule has 0 spiro atoms. The van der Waals surface area contributed by atoms with E-state index in [4.69, 9.17) is 5.73 Å². The molecule has 2 unspecified atom stereocenters. The third kappa shape index (κ3) is 1.55. The summed E-state index contributed by atoms with van der Waals surface area (Å²) < 4.78 is 36.9. The van der Waals surface area contributed by atoms with Crippen molar-refractivity contribution < 1.29 is 12.8 Å². The number of nitrogens with two attached hydrogens (primary N) is 1. The van der Waals surface area contributed by atoms with Crippen LogP contribution in [-0.2, 0) is 9.84 Å². The van der Waals surface area contributed by atoms with Gasteiger partial charge in [-0.2, -0.15) is 0 Å². The Morgan fingerprint density at radius 2 is 2.20 bits per heavy atom. The molecule has 2 atom stereocenters. The lowest BCUT2D eigenvalue weighted by Gasteiger charge is -2.14. The van der Waals surface area contributed by atoms with Crippen LogP contribution < -0.4 is 5.73 Å². The zero-order valence-corrected chi connectivity index (χ0v) is 9.09. The molecule has 2 N–H and O–H groups in total. The monoisotopic (exact) mass is 229 g/mol. The molecule has 1 aliphatic heterocycles. The Hall–Kier alpha value is -0.940. The van der Waals surface area contributed by atoms with Crippen LogP contribution in [0.5, 0.6) is 0 Å². The second-order valence-electron chi connectivity index (χ2n) is 3.90. The SMILES string of the molecule is CC(N)C1CS(=O)(=O)c2cccc(F)c21. The molecule has 0 fully saturated rings. The van der Waals surface area contributed by atoms with E-state index < -0.39 is 21.6 Å². The standard InChI is InChI=1S/C10H12FNO2S/c1-6(12)7-5-15(13,14)9-4-2-3-8(11)10(7)9/h2-4,6-7H,5,12H2,1H3. The molecule has 3 nitrogen and oxygen atoms in total. The van der Waals surface area contributed by atoms with Crippen molar-refractivity contribution in [3.05, 3.63) is 29.6 Å². The van der Waals surface area contributed by atoms with Crippen molar-refractivity contribution in [2.45, 2.75) is 23.8 Å². The van der Waals surface area contributed by atoms with Crippen LogP contribution in [0.25, 0.3) is 0 Å². The second kappa shape index (κ2) is 3.28. The molecular weight excluding hydrogens is 217 g/mol. The van der Waals surface area contributed by atoms with Gasteiger partial charge in [-0.15, -0.1) is 0 Å². The Bertz CT molecular complexity index is 496. The number of rotatable bonds is 1. The van der Waals surface area contributed by atoms with Gasteiger partial charge in [-0.05, 0) is 19.1 Å². The van der Waals surface area contributed by atoms with Gasteiger partial charge in [0.05, 0.1) is 10.6 Å². The fourth-order valence-electron chi connectivity index (χ4n) is 1.97. The van der Waals surface area contributed by atoms with Gasteiger partial charge < -0.3 is 5.73 Å². The number of halogens is 1. The fourth-order valence-corrected chi connectivity index (χ4v) is 3.96. The van der Waals surface area contributed by atoms with E-state index in [-0.39, 0.29) is 22.3 Å². The van der Waals surface area contributed by atoms with Gasteiger partial charge >= 0.3 is 0 Å². The maximum absolute atomic E-state index is 13.5. The van der Waals surface area contributed by atoms with Gasteiger partial charge in [0.15, 0.2) is 9.84 Å². The molecule has 82 valence electrons. The van der Waals surface area contributed by atoms with Crippen LogP contribution in [0.2, 0.25) is 0 Å². The topological polar surface area (TPSA) is 60.2 Å². The maximum Gasteiger partial charge on any atom is 0.179 e. The smallest absolute Gasteiger partial charge is 0.179 e. The predicted molar refractivity (Wildman–Crippen MR) is 54.8 cm³/mol. The summed E-state index contributed by atoms with van der Waals surface area (Å²) in [5.41, 5.74) is 5.93. The summed E-state index contributed by atoms with van der Waals surface area (Å²) in [5, 5.41) is 0. The molecule has 1 heterocycles. The lowest BCUT2D eigenvalue weighted by atomic mass is 9.95. The van der Waals surface area contributed by atoms with E-state index in [0.717, 1.165) is 0 Å². The summed E-state index contributed by atoms with van der Waals surface area (Å²) in [5.74, 6) is -0.983. The first-order valence-corrected chi connectivity index (χ1v) is 6.35. The molecule has 0 aliphatic carbocycles. The molecule has 2 rings (SSSR count). The van der Waals surface area contributed by atoms with Crippen LogP contribution in [0.1, 0.15) is 18.4 Å². The van der Waals surface area contributed by atoms with Crippen LogP contribution in [0.3, 0.4) is 0 Å². The molecule has 0 saturated heterocycles. The summed E-state index contributed by atoms with van der Waals surface area (Å²) >= 11 is 0. The van der Waals surface area contributed by atoms with Crippen molar-refractivity contribution in [2.75, 3.05) is 5.75 Å².